The average Bonchev–Trinajstić information content (AvgIpc) is 3.11. The molecule has 0 radical (unpaired) electrons. The molecule has 0 saturated carbocycles. The number of rotatable bonds is 5. The number of aryl methyl sites for hydroxylation is 1. The molecule has 1 atom stereocenters. The van der Waals surface area contributed by atoms with Crippen molar-refractivity contribution in [1.82, 2.24) is 25.1 Å². The lowest BCUT2D eigenvalue weighted by molar-refractivity contribution is 0.0885. The number of amides is 1. The van der Waals surface area contributed by atoms with E-state index in [1.807, 2.05) is 6.92 Å². The van der Waals surface area contributed by atoms with E-state index >= 15 is 0 Å². The molecule has 1 aliphatic rings. The van der Waals surface area contributed by atoms with Crippen LogP contribution in [-0.2, 0) is 0 Å². The average molecular weight is 345 g/mol. The summed E-state index contributed by atoms with van der Waals surface area (Å²) in [5, 5.41) is 5.11. The van der Waals surface area contributed by atoms with Gasteiger partial charge >= 0.3 is 0 Å². The number of thiophene rings is 1. The maximum Gasteiger partial charge on any atom is 0.271 e. The first kappa shape index (κ1) is 17.0. The topological polar surface area (TPSA) is 61.4 Å². The summed E-state index contributed by atoms with van der Waals surface area (Å²) >= 11 is 1.74. The van der Waals surface area contributed by atoms with Crippen molar-refractivity contribution >= 4 is 17.2 Å². The summed E-state index contributed by atoms with van der Waals surface area (Å²) in [5.74, 6) is -0.168. The standard InChI is InChI=1S/C17H23N5OS/c1-13-10-19-14(11-18-13)17(23)20-12-15(16-4-3-9-24-16)22-7-5-21(2)6-8-22/h3-4,9-11,15H,5-8,12H2,1-2H3,(H,20,23)/t15-/m0/s1. The summed E-state index contributed by atoms with van der Waals surface area (Å²) in [4.78, 5) is 26.7. The molecule has 24 heavy (non-hydrogen) atoms. The fourth-order valence-electron chi connectivity index (χ4n) is 2.81. The summed E-state index contributed by atoms with van der Waals surface area (Å²) in [6.45, 7) is 6.57. The molecular weight excluding hydrogens is 322 g/mol. The van der Waals surface area contributed by atoms with Gasteiger partial charge in [0.25, 0.3) is 5.91 Å². The number of hydrogen-bond acceptors (Lipinski definition) is 6. The zero-order valence-corrected chi connectivity index (χ0v) is 14.9. The first-order valence-electron chi connectivity index (χ1n) is 8.16. The van der Waals surface area contributed by atoms with Gasteiger partial charge in [0, 0.05) is 43.8 Å². The van der Waals surface area contributed by atoms with Crippen LogP contribution in [0.3, 0.4) is 0 Å². The van der Waals surface area contributed by atoms with Crippen LogP contribution in [0.1, 0.15) is 27.1 Å². The highest BCUT2D eigenvalue weighted by Crippen LogP contribution is 2.25. The number of aromatic nitrogens is 2. The number of likely N-dealkylation sites (N-methyl/N-ethyl adjacent to an activating group) is 1. The van der Waals surface area contributed by atoms with Crippen molar-refractivity contribution in [1.29, 1.82) is 0 Å². The summed E-state index contributed by atoms with van der Waals surface area (Å²) in [6.07, 6.45) is 3.15. The fourth-order valence-corrected chi connectivity index (χ4v) is 3.67. The van der Waals surface area contributed by atoms with Crippen LogP contribution < -0.4 is 5.32 Å². The summed E-state index contributed by atoms with van der Waals surface area (Å²) in [6, 6.07) is 4.42. The molecule has 128 valence electrons. The van der Waals surface area contributed by atoms with E-state index in [2.05, 4.69) is 49.6 Å². The maximum atomic E-state index is 12.3. The van der Waals surface area contributed by atoms with Crippen LogP contribution in [0.25, 0.3) is 0 Å². The molecular formula is C17H23N5OS. The lowest BCUT2D eigenvalue weighted by Crippen LogP contribution is -2.48. The van der Waals surface area contributed by atoms with Gasteiger partial charge in [-0.25, -0.2) is 4.98 Å². The Bertz CT molecular complexity index is 650. The van der Waals surface area contributed by atoms with Crippen LogP contribution in [0.15, 0.2) is 29.9 Å². The smallest absolute Gasteiger partial charge is 0.271 e. The number of carbonyl (C=O) groups is 1. The van der Waals surface area contributed by atoms with Gasteiger partial charge in [0.05, 0.1) is 17.9 Å². The molecule has 3 heterocycles. The largest absolute Gasteiger partial charge is 0.349 e. The summed E-state index contributed by atoms with van der Waals surface area (Å²) < 4.78 is 0. The molecule has 1 fully saturated rings. The van der Waals surface area contributed by atoms with Gasteiger partial charge in [0.1, 0.15) is 5.69 Å². The number of nitrogens with one attached hydrogen (secondary N) is 1. The Kier molecular flexibility index (Phi) is 5.55. The Balaban J connectivity index is 1.66. The SMILES string of the molecule is Cc1cnc(C(=O)NC[C@@H](c2cccs2)N2CCN(C)CC2)cn1. The molecule has 1 amide bonds. The third kappa shape index (κ3) is 4.17. The molecule has 0 unspecified atom stereocenters. The highest BCUT2D eigenvalue weighted by Gasteiger charge is 2.25. The number of piperazine rings is 1. The second-order valence-corrected chi connectivity index (χ2v) is 7.10. The quantitative estimate of drug-likeness (QED) is 0.891. The summed E-state index contributed by atoms with van der Waals surface area (Å²) in [5.41, 5.74) is 1.17. The van der Waals surface area contributed by atoms with Crippen LogP contribution in [0.2, 0.25) is 0 Å². The molecule has 3 rings (SSSR count). The zero-order chi connectivity index (χ0) is 16.9. The third-order valence-electron chi connectivity index (χ3n) is 4.32. The Hall–Kier alpha value is -1.83. The van der Waals surface area contributed by atoms with Crippen LogP contribution in [0.5, 0.6) is 0 Å². The minimum absolute atomic E-state index is 0.168. The molecule has 2 aromatic rings. The first-order chi connectivity index (χ1) is 11.6. The van der Waals surface area contributed by atoms with Crippen molar-refractivity contribution in [3.05, 3.63) is 46.2 Å². The molecule has 1 N–H and O–H groups in total. The van der Waals surface area contributed by atoms with Crippen LogP contribution in [0.4, 0.5) is 0 Å². The lowest BCUT2D eigenvalue weighted by Gasteiger charge is -2.37. The molecule has 7 heteroatoms. The Morgan fingerprint density at radius 3 is 2.71 bits per heavy atom. The van der Waals surface area contributed by atoms with Crippen LogP contribution >= 0.6 is 11.3 Å². The molecule has 1 aliphatic heterocycles. The zero-order valence-electron chi connectivity index (χ0n) is 14.1. The minimum atomic E-state index is -0.168. The molecule has 0 aliphatic carbocycles. The van der Waals surface area contributed by atoms with E-state index < -0.39 is 0 Å². The Labute approximate surface area is 146 Å². The van der Waals surface area contributed by atoms with E-state index in [1.54, 1.807) is 17.5 Å². The van der Waals surface area contributed by atoms with Crippen molar-refractivity contribution in [2.24, 2.45) is 0 Å². The second kappa shape index (κ2) is 7.83. The van der Waals surface area contributed by atoms with Gasteiger partial charge in [0.15, 0.2) is 0 Å². The predicted octanol–water partition coefficient (Wildman–Crippen LogP) is 1.57. The lowest BCUT2D eigenvalue weighted by atomic mass is 10.1. The molecule has 0 spiro atoms. The number of nitrogens with zero attached hydrogens (tertiary/aromatic N) is 4. The third-order valence-corrected chi connectivity index (χ3v) is 5.29. The van der Waals surface area contributed by atoms with Crippen molar-refractivity contribution in [3.63, 3.8) is 0 Å². The Morgan fingerprint density at radius 2 is 2.08 bits per heavy atom. The van der Waals surface area contributed by atoms with Gasteiger partial charge in [-0.15, -0.1) is 11.3 Å². The number of hydrogen-bond donors (Lipinski definition) is 1. The molecule has 1 saturated heterocycles. The summed E-state index contributed by atoms with van der Waals surface area (Å²) in [7, 11) is 2.15. The molecule has 2 aromatic heterocycles. The predicted molar refractivity (Wildman–Crippen MR) is 95.2 cm³/mol. The van der Waals surface area contributed by atoms with E-state index in [0.29, 0.717) is 12.2 Å². The van der Waals surface area contributed by atoms with Gasteiger partial charge in [-0.05, 0) is 25.4 Å². The van der Waals surface area contributed by atoms with Crippen molar-refractivity contribution in [3.8, 4) is 0 Å². The number of carbonyl (C=O) groups excluding carboxylic acids is 1. The normalized spacial score (nSPS) is 17.6. The van der Waals surface area contributed by atoms with Gasteiger partial charge < -0.3 is 10.2 Å². The van der Waals surface area contributed by atoms with Crippen LogP contribution in [-0.4, -0.2) is 65.4 Å². The minimum Gasteiger partial charge on any atom is -0.349 e. The second-order valence-electron chi connectivity index (χ2n) is 6.12. The highest BCUT2D eigenvalue weighted by molar-refractivity contribution is 7.10. The molecule has 0 bridgehead atoms. The van der Waals surface area contributed by atoms with E-state index in [0.717, 1.165) is 31.9 Å². The van der Waals surface area contributed by atoms with E-state index in [-0.39, 0.29) is 11.9 Å². The van der Waals surface area contributed by atoms with E-state index in [1.165, 1.54) is 11.1 Å². The van der Waals surface area contributed by atoms with Gasteiger partial charge in [-0.1, -0.05) is 6.07 Å². The van der Waals surface area contributed by atoms with Crippen molar-refractivity contribution in [2.45, 2.75) is 13.0 Å². The van der Waals surface area contributed by atoms with E-state index in [4.69, 9.17) is 0 Å². The van der Waals surface area contributed by atoms with Crippen LogP contribution in [0, 0.1) is 6.92 Å². The highest BCUT2D eigenvalue weighted by atomic mass is 32.1. The van der Waals surface area contributed by atoms with Crippen molar-refractivity contribution in [2.75, 3.05) is 39.8 Å². The molecule has 0 aromatic carbocycles. The van der Waals surface area contributed by atoms with Gasteiger partial charge in [-0.3, -0.25) is 14.7 Å². The van der Waals surface area contributed by atoms with Gasteiger partial charge in [-0.2, -0.15) is 0 Å². The van der Waals surface area contributed by atoms with Gasteiger partial charge in [0.2, 0.25) is 0 Å². The maximum absolute atomic E-state index is 12.3. The Morgan fingerprint density at radius 1 is 1.29 bits per heavy atom. The fraction of sp³-hybridized carbons (Fsp3) is 0.471. The molecule has 6 nitrogen and oxygen atoms in total. The monoisotopic (exact) mass is 345 g/mol. The van der Waals surface area contributed by atoms with E-state index in [9.17, 15) is 4.79 Å². The van der Waals surface area contributed by atoms with Crippen molar-refractivity contribution < 1.29 is 4.79 Å². The first-order valence-corrected chi connectivity index (χ1v) is 9.04.